The molecule has 0 fully saturated rings. The van der Waals surface area contributed by atoms with Crippen LogP contribution in [0.2, 0.25) is 10.0 Å². The first-order valence-electron chi connectivity index (χ1n) is 9.22. The lowest BCUT2D eigenvalue weighted by atomic mass is 10.0. The van der Waals surface area contributed by atoms with Gasteiger partial charge in [-0.1, -0.05) is 30.1 Å². The number of carbonyl (C=O) groups is 1. The molecule has 0 bridgehead atoms. The fourth-order valence-corrected chi connectivity index (χ4v) is 4.59. The maximum atomic E-state index is 12.9. The predicted octanol–water partition coefficient (Wildman–Crippen LogP) is 5.36. The average Bonchev–Trinajstić information content (AvgIpc) is 2.74. The molecule has 0 aliphatic heterocycles. The van der Waals surface area contributed by atoms with Gasteiger partial charge in [0.1, 0.15) is 11.5 Å². The molecule has 3 aromatic carbocycles. The molecular formula is C22H19Cl2NO5S. The zero-order chi connectivity index (χ0) is 22.9. The highest BCUT2D eigenvalue weighted by Crippen LogP contribution is 2.35. The second kappa shape index (κ2) is 8.78. The maximum Gasteiger partial charge on any atom is 0.259 e. The number of anilines is 1. The van der Waals surface area contributed by atoms with Crippen LogP contribution in [0.1, 0.15) is 28.4 Å². The summed E-state index contributed by atoms with van der Waals surface area (Å²) in [5, 5.41) is 23.5. The minimum Gasteiger partial charge on any atom is -0.507 e. The van der Waals surface area contributed by atoms with Crippen molar-refractivity contribution in [2.24, 2.45) is 0 Å². The molecule has 9 heteroatoms. The third-order valence-electron chi connectivity index (χ3n) is 4.83. The van der Waals surface area contributed by atoms with E-state index < -0.39 is 15.7 Å². The van der Waals surface area contributed by atoms with E-state index in [-0.39, 0.29) is 43.1 Å². The molecule has 3 N–H and O–H groups in total. The number of amides is 1. The van der Waals surface area contributed by atoms with E-state index in [4.69, 9.17) is 23.2 Å². The third-order valence-corrected chi connectivity index (χ3v) is 7.18. The number of aryl methyl sites for hydroxylation is 1. The lowest BCUT2D eigenvalue weighted by molar-refractivity contribution is 0.102. The summed E-state index contributed by atoms with van der Waals surface area (Å²) in [7, 11) is -3.88. The predicted molar refractivity (Wildman–Crippen MR) is 120 cm³/mol. The molecule has 0 saturated heterocycles. The maximum absolute atomic E-state index is 12.9. The number of carbonyl (C=O) groups excluding carboxylic acids is 1. The fraction of sp³-hybridized carbons (Fsp3) is 0.136. The topological polar surface area (TPSA) is 104 Å². The van der Waals surface area contributed by atoms with Gasteiger partial charge in [-0.15, -0.1) is 0 Å². The summed E-state index contributed by atoms with van der Waals surface area (Å²) < 4.78 is 25.8. The van der Waals surface area contributed by atoms with E-state index in [2.05, 4.69) is 5.32 Å². The molecule has 0 aliphatic carbocycles. The highest BCUT2D eigenvalue weighted by atomic mass is 35.5. The Kier molecular flexibility index (Phi) is 6.50. The van der Waals surface area contributed by atoms with Crippen LogP contribution in [0.5, 0.6) is 11.5 Å². The Morgan fingerprint density at radius 3 is 2.19 bits per heavy atom. The molecule has 162 valence electrons. The number of hydrogen-bond donors (Lipinski definition) is 3. The summed E-state index contributed by atoms with van der Waals surface area (Å²) >= 11 is 12.0. The minimum atomic E-state index is -3.88. The molecule has 3 aromatic rings. The molecule has 1 amide bonds. The summed E-state index contributed by atoms with van der Waals surface area (Å²) in [6.07, 6.45) is 0.447. The Labute approximate surface area is 190 Å². The lowest BCUT2D eigenvalue weighted by Crippen LogP contribution is -2.14. The Morgan fingerprint density at radius 1 is 0.968 bits per heavy atom. The average molecular weight is 480 g/mol. The molecule has 0 heterocycles. The van der Waals surface area contributed by atoms with Crippen molar-refractivity contribution in [1.82, 2.24) is 0 Å². The molecule has 0 radical (unpaired) electrons. The first kappa shape index (κ1) is 22.9. The van der Waals surface area contributed by atoms with Gasteiger partial charge in [-0.05, 0) is 67.4 Å². The van der Waals surface area contributed by atoms with Crippen LogP contribution < -0.4 is 5.32 Å². The Hall–Kier alpha value is -2.74. The molecule has 0 unspecified atom stereocenters. The number of hydrogen-bond acceptors (Lipinski definition) is 5. The summed E-state index contributed by atoms with van der Waals surface area (Å²) in [6.45, 7) is 3.29. The van der Waals surface area contributed by atoms with Crippen molar-refractivity contribution in [2.75, 3.05) is 5.32 Å². The van der Waals surface area contributed by atoms with E-state index in [9.17, 15) is 23.4 Å². The molecule has 6 nitrogen and oxygen atoms in total. The van der Waals surface area contributed by atoms with Gasteiger partial charge in [0.2, 0.25) is 9.84 Å². The van der Waals surface area contributed by atoms with Crippen LogP contribution in [0.25, 0.3) is 0 Å². The fourth-order valence-electron chi connectivity index (χ4n) is 3.02. The van der Waals surface area contributed by atoms with Crippen molar-refractivity contribution >= 4 is 44.6 Å². The minimum absolute atomic E-state index is 0.0379. The van der Waals surface area contributed by atoms with Gasteiger partial charge in [0.15, 0.2) is 0 Å². The Morgan fingerprint density at radius 2 is 1.58 bits per heavy atom. The molecule has 0 saturated carbocycles. The van der Waals surface area contributed by atoms with E-state index in [1.807, 2.05) is 0 Å². The first-order chi connectivity index (χ1) is 14.6. The van der Waals surface area contributed by atoms with E-state index in [0.717, 1.165) is 0 Å². The largest absolute Gasteiger partial charge is 0.507 e. The Bertz CT molecular complexity index is 1270. The van der Waals surface area contributed by atoms with Gasteiger partial charge in [-0.2, -0.15) is 0 Å². The second-order valence-corrected chi connectivity index (χ2v) is 9.61. The smallest absolute Gasteiger partial charge is 0.259 e. The lowest BCUT2D eigenvalue weighted by Gasteiger charge is -2.14. The number of halogens is 2. The first-order valence-corrected chi connectivity index (χ1v) is 11.5. The van der Waals surface area contributed by atoms with Crippen molar-refractivity contribution in [2.45, 2.75) is 30.1 Å². The van der Waals surface area contributed by atoms with Gasteiger partial charge >= 0.3 is 0 Å². The molecular weight excluding hydrogens is 461 g/mol. The van der Waals surface area contributed by atoms with Crippen molar-refractivity contribution in [3.8, 4) is 11.5 Å². The van der Waals surface area contributed by atoms with Crippen molar-refractivity contribution in [3.05, 3.63) is 75.3 Å². The van der Waals surface area contributed by atoms with Gasteiger partial charge in [-0.25, -0.2) is 8.42 Å². The number of rotatable bonds is 5. The monoisotopic (exact) mass is 479 g/mol. The Balaban J connectivity index is 1.99. The number of phenols is 2. The van der Waals surface area contributed by atoms with Gasteiger partial charge in [0.25, 0.3) is 5.91 Å². The van der Waals surface area contributed by atoms with E-state index in [1.165, 1.54) is 55.5 Å². The quantitative estimate of drug-likeness (QED) is 0.456. The summed E-state index contributed by atoms with van der Waals surface area (Å²) in [6, 6.07) is 11.0. The van der Waals surface area contributed by atoms with Gasteiger partial charge in [-0.3, -0.25) is 4.79 Å². The summed E-state index contributed by atoms with van der Waals surface area (Å²) in [4.78, 5) is 12.8. The standard InChI is InChI=1S/C22H19Cl2NO5S/c1-3-13-10-17(21(27)12(2)20(13)26)22(28)25-19-11-16(8-9-18(19)24)31(29,30)15-6-4-14(23)5-7-15/h4-11,26-27H,3H2,1-2H3,(H,25,28). The van der Waals surface area contributed by atoms with Crippen LogP contribution in [-0.2, 0) is 16.3 Å². The highest BCUT2D eigenvalue weighted by Gasteiger charge is 2.22. The van der Waals surface area contributed by atoms with Crippen molar-refractivity contribution in [3.63, 3.8) is 0 Å². The van der Waals surface area contributed by atoms with E-state index in [1.54, 1.807) is 6.92 Å². The zero-order valence-electron chi connectivity index (χ0n) is 16.6. The number of aromatic hydroxyl groups is 2. The molecule has 0 aliphatic rings. The SMILES string of the molecule is CCc1cc(C(=O)Nc2cc(S(=O)(=O)c3ccc(Cl)cc3)ccc2Cl)c(O)c(C)c1O. The molecule has 31 heavy (non-hydrogen) atoms. The molecule has 0 aromatic heterocycles. The third kappa shape index (κ3) is 4.49. The van der Waals surface area contributed by atoms with Crippen LogP contribution in [0.4, 0.5) is 5.69 Å². The van der Waals surface area contributed by atoms with Gasteiger partial charge in [0.05, 0.1) is 26.1 Å². The molecule has 0 atom stereocenters. The highest BCUT2D eigenvalue weighted by molar-refractivity contribution is 7.91. The van der Waals surface area contributed by atoms with Crippen LogP contribution >= 0.6 is 23.2 Å². The van der Waals surface area contributed by atoms with Crippen LogP contribution in [0.15, 0.2) is 58.3 Å². The zero-order valence-corrected chi connectivity index (χ0v) is 18.9. The summed E-state index contributed by atoms with van der Waals surface area (Å²) in [5.41, 5.74) is 0.666. The van der Waals surface area contributed by atoms with Crippen molar-refractivity contribution in [1.29, 1.82) is 0 Å². The summed E-state index contributed by atoms with van der Waals surface area (Å²) in [5.74, 6) is -1.14. The van der Waals surface area contributed by atoms with Crippen molar-refractivity contribution < 1.29 is 23.4 Å². The number of phenolic OH excluding ortho intramolecular Hbond substituents is 2. The number of sulfone groups is 1. The normalized spacial score (nSPS) is 11.4. The second-order valence-electron chi connectivity index (χ2n) is 6.81. The van der Waals surface area contributed by atoms with Crippen LogP contribution in [0.3, 0.4) is 0 Å². The van der Waals surface area contributed by atoms with Gasteiger partial charge < -0.3 is 15.5 Å². The van der Waals surface area contributed by atoms with E-state index >= 15 is 0 Å². The van der Waals surface area contributed by atoms with Gasteiger partial charge in [0, 0.05) is 10.6 Å². The number of nitrogens with one attached hydrogen (secondary N) is 1. The molecule has 3 rings (SSSR count). The van der Waals surface area contributed by atoms with Crippen LogP contribution in [-0.4, -0.2) is 24.5 Å². The number of benzene rings is 3. The van der Waals surface area contributed by atoms with Crippen LogP contribution in [0, 0.1) is 6.92 Å². The van der Waals surface area contributed by atoms with E-state index in [0.29, 0.717) is 17.0 Å². The molecule has 0 spiro atoms.